The molecule has 7 nitrogen and oxygen atoms in total. The first kappa shape index (κ1) is 18.4. The van der Waals surface area contributed by atoms with Crippen molar-refractivity contribution in [1.82, 2.24) is 9.80 Å². The summed E-state index contributed by atoms with van der Waals surface area (Å²) >= 11 is 0. The van der Waals surface area contributed by atoms with Gasteiger partial charge in [-0.15, -0.1) is 0 Å². The average Bonchev–Trinajstić information content (AvgIpc) is 3.21. The smallest absolute Gasteiger partial charge is 0.410 e. The Morgan fingerprint density at radius 2 is 2.00 bits per heavy atom. The molecule has 1 atom stereocenters. The Kier molecular flexibility index (Phi) is 4.98. The average molecular weight is 362 g/mol. The molecule has 2 amide bonds. The summed E-state index contributed by atoms with van der Waals surface area (Å²) in [6, 6.07) is 5.17. The van der Waals surface area contributed by atoms with E-state index < -0.39 is 17.7 Å². The molecule has 3 rings (SSSR count). The number of fused-ring (bicyclic) bond motifs is 1. The van der Waals surface area contributed by atoms with E-state index in [1.165, 1.54) is 0 Å². The normalized spacial score (nSPS) is 18.8. The number of rotatable bonds is 3. The van der Waals surface area contributed by atoms with E-state index in [1.54, 1.807) is 16.8 Å². The molecule has 0 unspecified atom stereocenters. The van der Waals surface area contributed by atoms with Gasteiger partial charge < -0.3 is 19.1 Å². The number of nitrogens with zero attached hydrogens (tertiary/aromatic N) is 2. The van der Waals surface area contributed by atoms with Crippen LogP contribution in [0.25, 0.3) is 0 Å². The molecule has 2 aliphatic heterocycles. The maximum atomic E-state index is 12.9. The zero-order valence-corrected chi connectivity index (χ0v) is 15.8. The van der Waals surface area contributed by atoms with Gasteiger partial charge in [0.2, 0.25) is 12.7 Å². The molecule has 0 N–H and O–H groups in total. The standard InChI is InChI=1S/C19H26N2O5/c1-19(2,3)26-18(23)21-9-5-6-14(21)17(22)20(4)11-13-7-8-15-16(10-13)25-12-24-15/h7-8,10,14H,5-6,9,11-12H2,1-4H3/t14-/m1/s1. The van der Waals surface area contributed by atoms with Crippen molar-refractivity contribution in [2.45, 2.75) is 51.8 Å². The summed E-state index contributed by atoms with van der Waals surface area (Å²) in [5, 5.41) is 0. The van der Waals surface area contributed by atoms with E-state index >= 15 is 0 Å². The van der Waals surface area contributed by atoms with Gasteiger partial charge in [0.25, 0.3) is 0 Å². The highest BCUT2D eigenvalue weighted by atomic mass is 16.7. The highest BCUT2D eigenvalue weighted by Gasteiger charge is 2.37. The number of hydrogen-bond donors (Lipinski definition) is 0. The quantitative estimate of drug-likeness (QED) is 0.827. The van der Waals surface area contributed by atoms with Gasteiger partial charge in [-0.1, -0.05) is 6.07 Å². The second-order valence-corrected chi connectivity index (χ2v) is 7.71. The third kappa shape index (κ3) is 4.03. The van der Waals surface area contributed by atoms with E-state index in [1.807, 2.05) is 39.0 Å². The van der Waals surface area contributed by atoms with Crippen LogP contribution in [0.4, 0.5) is 4.79 Å². The molecule has 0 aliphatic carbocycles. The summed E-state index contributed by atoms with van der Waals surface area (Å²) in [6.45, 7) is 6.68. The van der Waals surface area contributed by atoms with Crippen molar-refractivity contribution in [2.75, 3.05) is 20.4 Å². The zero-order valence-electron chi connectivity index (χ0n) is 15.8. The topological polar surface area (TPSA) is 68.3 Å². The number of likely N-dealkylation sites (N-methyl/N-ethyl adjacent to an activating group) is 1. The maximum Gasteiger partial charge on any atom is 0.410 e. The number of hydrogen-bond acceptors (Lipinski definition) is 5. The van der Waals surface area contributed by atoms with E-state index in [2.05, 4.69) is 0 Å². The van der Waals surface area contributed by atoms with Gasteiger partial charge in [0.05, 0.1) is 0 Å². The first-order chi connectivity index (χ1) is 12.2. The van der Waals surface area contributed by atoms with E-state index in [4.69, 9.17) is 14.2 Å². The van der Waals surface area contributed by atoms with Gasteiger partial charge in [-0.05, 0) is 51.3 Å². The van der Waals surface area contributed by atoms with Crippen LogP contribution in [0.2, 0.25) is 0 Å². The fraction of sp³-hybridized carbons (Fsp3) is 0.579. The molecule has 0 bridgehead atoms. The molecule has 1 aromatic rings. The predicted molar refractivity (Wildman–Crippen MR) is 95.0 cm³/mol. The Balaban J connectivity index is 1.64. The van der Waals surface area contributed by atoms with Gasteiger partial charge >= 0.3 is 6.09 Å². The molecule has 142 valence electrons. The summed E-state index contributed by atoms with van der Waals surface area (Å²) in [4.78, 5) is 28.5. The molecule has 26 heavy (non-hydrogen) atoms. The van der Waals surface area contributed by atoms with Crippen molar-refractivity contribution < 1.29 is 23.8 Å². The van der Waals surface area contributed by atoms with Gasteiger partial charge in [0, 0.05) is 20.1 Å². The Hall–Kier alpha value is -2.44. The van der Waals surface area contributed by atoms with Gasteiger partial charge in [-0.3, -0.25) is 9.69 Å². The summed E-state index contributed by atoms with van der Waals surface area (Å²) in [6.07, 6.45) is 1.03. The van der Waals surface area contributed by atoms with Crippen LogP contribution in [0, 0.1) is 0 Å². The fourth-order valence-corrected chi connectivity index (χ4v) is 3.21. The Morgan fingerprint density at radius 1 is 1.27 bits per heavy atom. The maximum absolute atomic E-state index is 12.9. The Bertz CT molecular complexity index is 698. The van der Waals surface area contributed by atoms with Crippen LogP contribution in [0.5, 0.6) is 11.5 Å². The molecule has 2 aliphatic rings. The third-order valence-corrected chi connectivity index (χ3v) is 4.40. The first-order valence-electron chi connectivity index (χ1n) is 8.88. The van der Waals surface area contributed by atoms with Crippen LogP contribution in [-0.4, -0.2) is 53.8 Å². The van der Waals surface area contributed by atoms with E-state index in [9.17, 15) is 9.59 Å². The van der Waals surface area contributed by atoms with Crippen LogP contribution in [0.15, 0.2) is 18.2 Å². The van der Waals surface area contributed by atoms with Crippen molar-refractivity contribution in [1.29, 1.82) is 0 Å². The van der Waals surface area contributed by atoms with Crippen LogP contribution in [-0.2, 0) is 16.1 Å². The zero-order chi connectivity index (χ0) is 18.9. The van der Waals surface area contributed by atoms with E-state index in [0.717, 1.165) is 17.7 Å². The van der Waals surface area contributed by atoms with Gasteiger partial charge in [-0.25, -0.2) is 4.79 Å². The van der Waals surface area contributed by atoms with Gasteiger partial charge in [0.1, 0.15) is 11.6 Å². The highest BCUT2D eigenvalue weighted by Crippen LogP contribution is 2.33. The molecule has 7 heteroatoms. The second kappa shape index (κ2) is 7.05. The molecule has 0 aromatic heterocycles. The van der Waals surface area contributed by atoms with Gasteiger partial charge in [0.15, 0.2) is 11.5 Å². The number of benzene rings is 1. The largest absolute Gasteiger partial charge is 0.454 e. The van der Waals surface area contributed by atoms with Crippen molar-refractivity contribution >= 4 is 12.0 Å². The molecule has 1 aromatic carbocycles. The Morgan fingerprint density at radius 3 is 2.73 bits per heavy atom. The molecule has 1 saturated heterocycles. The minimum Gasteiger partial charge on any atom is -0.454 e. The summed E-state index contributed by atoms with van der Waals surface area (Å²) in [5.41, 5.74) is 0.373. The first-order valence-corrected chi connectivity index (χ1v) is 8.88. The predicted octanol–water partition coefficient (Wildman–Crippen LogP) is 2.77. The summed E-state index contributed by atoms with van der Waals surface area (Å²) in [7, 11) is 1.75. The summed E-state index contributed by atoms with van der Waals surface area (Å²) < 4.78 is 16.1. The van der Waals surface area contributed by atoms with Crippen LogP contribution >= 0.6 is 0 Å². The van der Waals surface area contributed by atoms with Crippen LogP contribution in [0.3, 0.4) is 0 Å². The lowest BCUT2D eigenvalue weighted by Crippen LogP contribution is -2.47. The third-order valence-electron chi connectivity index (χ3n) is 4.40. The Labute approximate surface area is 153 Å². The van der Waals surface area contributed by atoms with E-state index in [0.29, 0.717) is 25.3 Å². The molecule has 0 radical (unpaired) electrons. The van der Waals surface area contributed by atoms with Crippen molar-refractivity contribution in [3.8, 4) is 11.5 Å². The minimum atomic E-state index is -0.578. The lowest BCUT2D eigenvalue weighted by atomic mass is 10.1. The van der Waals surface area contributed by atoms with Crippen molar-refractivity contribution in [3.05, 3.63) is 23.8 Å². The lowest BCUT2D eigenvalue weighted by Gasteiger charge is -2.30. The lowest BCUT2D eigenvalue weighted by molar-refractivity contribution is -0.135. The summed E-state index contributed by atoms with van der Waals surface area (Å²) in [5.74, 6) is 1.33. The monoisotopic (exact) mass is 362 g/mol. The number of carbonyl (C=O) groups is 2. The number of carbonyl (C=O) groups excluding carboxylic acids is 2. The molecular weight excluding hydrogens is 336 g/mol. The molecular formula is C19H26N2O5. The molecule has 0 saturated carbocycles. The number of ether oxygens (including phenoxy) is 3. The van der Waals surface area contributed by atoms with Crippen molar-refractivity contribution in [2.24, 2.45) is 0 Å². The molecule has 0 spiro atoms. The van der Waals surface area contributed by atoms with Gasteiger partial charge in [-0.2, -0.15) is 0 Å². The van der Waals surface area contributed by atoms with Crippen LogP contribution < -0.4 is 9.47 Å². The number of amides is 2. The molecule has 2 heterocycles. The van der Waals surface area contributed by atoms with Crippen LogP contribution in [0.1, 0.15) is 39.2 Å². The van der Waals surface area contributed by atoms with Crippen molar-refractivity contribution in [3.63, 3.8) is 0 Å². The second-order valence-electron chi connectivity index (χ2n) is 7.71. The molecule has 1 fully saturated rings. The SMILES string of the molecule is CN(Cc1ccc2c(c1)OCO2)C(=O)[C@H]1CCCN1C(=O)OC(C)(C)C. The minimum absolute atomic E-state index is 0.0778. The van der Waals surface area contributed by atoms with E-state index in [-0.39, 0.29) is 12.7 Å². The fourth-order valence-electron chi connectivity index (χ4n) is 3.21. The highest BCUT2D eigenvalue weighted by molar-refractivity contribution is 5.86. The number of likely N-dealkylation sites (tertiary alicyclic amines) is 1.